The Morgan fingerprint density at radius 2 is 2.17 bits per heavy atom. The van der Waals surface area contributed by atoms with Gasteiger partial charge in [-0.1, -0.05) is 12.8 Å². The largest absolute Gasteiger partial charge is 0.330 e. The lowest BCUT2D eigenvalue weighted by Crippen LogP contribution is -2.07. The molecule has 96 valence electrons. The van der Waals surface area contributed by atoms with Crippen molar-refractivity contribution >= 4 is 23.3 Å². The standard InChI is InChI=1S/C13H14F2N2S/c1-7(6-8-2-3-8)17-12-10(16-13(17)18)5-4-9(14)11(12)15/h4-5,7-8H,2-3,6H2,1H3,(H,16,18). The third-order valence-corrected chi connectivity index (χ3v) is 3.88. The Bertz CT molecular complexity index is 655. The first-order valence-corrected chi connectivity index (χ1v) is 6.57. The number of imidazole rings is 1. The minimum Gasteiger partial charge on any atom is -0.330 e. The topological polar surface area (TPSA) is 20.7 Å². The number of nitrogens with zero attached hydrogens (tertiary/aromatic N) is 1. The van der Waals surface area contributed by atoms with Crippen LogP contribution in [0, 0.1) is 22.3 Å². The van der Waals surface area contributed by atoms with Crippen LogP contribution in [-0.2, 0) is 0 Å². The smallest absolute Gasteiger partial charge is 0.184 e. The minimum absolute atomic E-state index is 0.0926. The van der Waals surface area contributed by atoms with E-state index in [1.54, 1.807) is 4.57 Å². The van der Waals surface area contributed by atoms with E-state index in [1.165, 1.54) is 18.9 Å². The van der Waals surface area contributed by atoms with E-state index in [4.69, 9.17) is 12.2 Å². The van der Waals surface area contributed by atoms with Gasteiger partial charge in [-0.2, -0.15) is 0 Å². The number of halogens is 2. The molecule has 1 aliphatic carbocycles. The zero-order valence-electron chi connectivity index (χ0n) is 10.0. The lowest BCUT2D eigenvalue weighted by molar-refractivity contribution is 0.467. The maximum absolute atomic E-state index is 13.9. The van der Waals surface area contributed by atoms with Crippen LogP contribution < -0.4 is 0 Å². The van der Waals surface area contributed by atoms with Gasteiger partial charge >= 0.3 is 0 Å². The van der Waals surface area contributed by atoms with Gasteiger partial charge in [-0.3, -0.25) is 0 Å². The summed E-state index contributed by atoms with van der Waals surface area (Å²) < 4.78 is 29.4. The van der Waals surface area contributed by atoms with E-state index >= 15 is 0 Å². The second-order valence-corrected chi connectivity index (χ2v) is 5.47. The normalized spacial score (nSPS) is 17.3. The van der Waals surface area contributed by atoms with Crippen LogP contribution in [0.5, 0.6) is 0 Å². The summed E-state index contributed by atoms with van der Waals surface area (Å²) in [6.45, 7) is 2.01. The third kappa shape index (κ3) is 1.86. The van der Waals surface area contributed by atoms with Crippen LogP contribution >= 0.6 is 12.2 Å². The first kappa shape index (κ1) is 11.8. The van der Waals surface area contributed by atoms with Crippen molar-refractivity contribution in [1.82, 2.24) is 9.55 Å². The maximum Gasteiger partial charge on any atom is 0.184 e. The van der Waals surface area contributed by atoms with Crippen molar-refractivity contribution in [2.45, 2.75) is 32.2 Å². The molecule has 1 aromatic carbocycles. The van der Waals surface area contributed by atoms with Gasteiger partial charge in [-0.05, 0) is 43.6 Å². The molecule has 1 heterocycles. The summed E-state index contributed by atoms with van der Waals surface area (Å²) in [5, 5.41) is 0. The minimum atomic E-state index is -0.830. The summed E-state index contributed by atoms with van der Waals surface area (Å²) >= 11 is 5.22. The summed E-state index contributed by atoms with van der Waals surface area (Å²) in [7, 11) is 0. The number of hydrogen-bond acceptors (Lipinski definition) is 1. The number of rotatable bonds is 3. The van der Waals surface area contributed by atoms with E-state index in [9.17, 15) is 8.78 Å². The molecule has 0 aliphatic heterocycles. The van der Waals surface area contributed by atoms with E-state index in [0.29, 0.717) is 16.2 Å². The highest BCUT2D eigenvalue weighted by molar-refractivity contribution is 7.71. The van der Waals surface area contributed by atoms with E-state index in [2.05, 4.69) is 4.98 Å². The van der Waals surface area contributed by atoms with Gasteiger partial charge in [0, 0.05) is 6.04 Å². The Labute approximate surface area is 109 Å². The molecular weight excluding hydrogens is 254 g/mol. The van der Waals surface area contributed by atoms with E-state index in [1.807, 2.05) is 6.92 Å². The summed E-state index contributed by atoms with van der Waals surface area (Å²) in [6, 6.07) is 2.75. The molecule has 5 heteroatoms. The van der Waals surface area contributed by atoms with E-state index < -0.39 is 11.6 Å². The molecule has 2 aromatic rings. The Balaban J connectivity index is 2.16. The predicted molar refractivity (Wildman–Crippen MR) is 69.1 cm³/mol. The van der Waals surface area contributed by atoms with Crippen molar-refractivity contribution in [1.29, 1.82) is 0 Å². The first-order valence-electron chi connectivity index (χ1n) is 6.16. The second-order valence-electron chi connectivity index (χ2n) is 5.09. The predicted octanol–water partition coefficient (Wildman–Crippen LogP) is 4.34. The molecule has 1 unspecified atom stereocenters. The Hall–Kier alpha value is -1.23. The zero-order chi connectivity index (χ0) is 12.9. The number of hydrogen-bond donors (Lipinski definition) is 1. The molecule has 0 spiro atoms. The quantitative estimate of drug-likeness (QED) is 0.821. The third-order valence-electron chi connectivity index (χ3n) is 3.58. The van der Waals surface area contributed by atoms with Gasteiger partial charge in [-0.25, -0.2) is 8.78 Å². The van der Waals surface area contributed by atoms with Crippen molar-refractivity contribution < 1.29 is 8.78 Å². The summed E-state index contributed by atoms with van der Waals surface area (Å²) in [4.78, 5) is 2.94. The average molecular weight is 268 g/mol. The number of aromatic nitrogens is 2. The SMILES string of the molecule is CC(CC1CC1)n1c(=S)[nH]c2ccc(F)c(F)c21. The lowest BCUT2D eigenvalue weighted by Gasteiger charge is -2.14. The zero-order valence-corrected chi connectivity index (χ0v) is 10.9. The van der Waals surface area contributed by atoms with Crippen LogP contribution in [0.4, 0.5) is 8.78 Å². The molecule has 1 fully saturated rings. The molecular formula is C13H14F2N2S. The fourth-order valence-corrected chi connectivity index (χ4v) is 2.90. The number of benzene rings is 1. The number of H-pyrrole nitrogens is 1. The molecule has 0 radical (unpaired) electrons. The Kier molecular flexibility index (Phi) is 2.73. The summed E-state index contributed by atoms with van der Waals surface area (Å²) in [5.41, 5.74) is 0.815. The van der Waals surface area contributed by atoms with Crippen LogP contribution in [0.3, 0.4) is 0 Å². The van der Waals surface area contributed by atoms with Crippen LogP contribution in [-0.4, -0.2) is 9.55 Å². The molecule has 1 aliphatic rings. The fraction of sp³-hybridized carbons (Fsp3) is 0.462. The fourth-order valence-electron chi connectivity index (χ4n) is 2.52. The second kappa shape index (κ2) is 4.16. The molecule has 1 N–H and O–H groups in total. The van der Waals surface area contributed by atoms with Crippen LogP contribution in [0.1, 0.15) is 32.2 Å². The van der Waals surface area contributed by atoms with Gasteiger partial charge in [-0.15, -0.1) is 0 Å². The van der Waals surface area contributed by atoms with Crippen LogP contribution in [0.2, 0.25) is 0 Å². The molecule has 3 rings (SSSR count). The summed E-state index contributed by atoms with van der Waals surface area (Å²) in [5.74, 6) is -0.935. The maximum atomic E-state index is 13.9. The van der Waals surface area contributed by atoms with Crippen LogP contribution in [0.25, 0.3) is 11.0 Å². The monoisotopic (exact) mass is 268 g/mol. The molecule has 0 amide bonds. The van der Waals surface area contributed by atoms with E-state index in [0.717, 1.165) is 12.5 Å². The van der Waals surface area contributed by atoms with Crippen molar-refractivity contribution in [2.75, 3.05) is 0 Å². The molecule has 1 atom stereocenters. The average Bonchev–Trinajstić information content (AvgIpc) is 3.05. The van der Waals surface area contributed by atoms with Crippen molar-refractivity contribution in [3.63, 3.8) is 0 Å². The van der Waals surface area contributed by atoms with Gasteiger partial charge in [0.2, 0.25) is 0 Å². The lowest BCUT2D eigenvalue weighted by atomic mass is 10.1. The number of nitrogens with one attached hydrogen (secondary N) is 1. The van der Waals surface area contributed by atoms with Gasteiger partial charge in [0.1, 0.15) is 5.52 Å². The number of fused-ring (bicyclic) bond motifs is 1. The van der Waals surface area contributed by atoms with Gasteiger partial charge in [0.15, 0.2) is 16.4 Å². The molecule has 0 bridgehead atoms. The Morgan fingerprint density at radius 3 is 2.83 bits per heavy atom. The van der Waals surface area contributed by atoms with Crippen molar-refractivity contribution in [2.24, 2.45) is 5.92 Å². The molecule has 1 aromatic heterocycles. The molecule has 1 saturated carbocycles. The first-order chi connectivity index (χ1) is 8.58. The number of aromatic amines is 1. The van der Waals surface area contributed by atoms with Crippen molar-refractivity contribution in [3.05, 3.63) is 28.5 Å². The molecule has 18 heavy (non-hydrogen) atoms. The van der Waals surface area contributed by atoms with Crippen molar-refractivity contribution in [3.8, 4) is 0 Å². The molecule has 2 nitrogen and oxygen atoms in total. The highest BCUT2D eigenvalue weighted by Crippen LogP contribution is 2.38. The van der Waals surface area contributed by atoms with Gasteiger partial charge in [0.05, 0.1) is 5.52 Å². The van der Waals surface area contributed by atoms with Gasteiger partial charge in [0.25, 0.3) is 0 Å². The van der Waals surface area contributed by atoms with E-state index in [-0.39, 0.29) is 11.6 Å². The molecule has 0 saturated heterocycles. The summed E-state index contributed by atoms with van der Waals surface area (Å²) in [6.07, 6.45) is 3.44. The Morgan fingerprint density at radius 1 is 1.44 bits per heavy atom. The van der Waals surface area contributed by atoms with Crippen LogP contribution in [0.15, 0.2) is 12.1 Å². The highest BCUT2D eigenvalue weighted by atomic mass is 32.1. The van der Waals surface area contributed by atoms with Gasteiger partial charge < -0.3 is 9.55 Å². The highest BCUT2D eigenvalue weighted by Gasteiger charge is 2.26.